The van der Waals surface area contributed by atoms with Gasteiger partial charge in [0.1, 0.15) is 0 Å². The molecule has 1 aromatic carbocycles. The quantitative estimate of drug-likeness (QED) is 0.213. The van der Waals surface area contributed by atoms with E-state index in [2.05, 4.69) is 46.0 Å². The van der Waals surface area contributed by atoms with Crippen LogP contribution in [0.25, 0.3) is 0 Å². The molecule has 1 fully saturated rings. The minimum absolute atomic E-state index is 0.0484. The van der Waals surface area contributed by atoms with E-state index in [9.17, 15) is 9.90 Å². The molecule has 2 rings (SSSR count). The van der Waals surface area contributed by atoms with Crippen molar-refractivity contribution in [1.29, 1.82) is 0 Å². The van der Waals surface area contributed by atoms with E-state index in [1.54, 1.807) is 14.2 Å². The van der Waals surface area contributed by atoms with Gasteiger partial charge in [-0.2, -0.15) is 0 Å². The number of amides is 1. The molecule has 0 unspecified atom stereocenters. The lowest BCUT2D eigenvalue weighted by Gasteiger charge is -2.31. The monoisotopic (exact) mass is 548 g/mol. The zero-order valence-electron chi connectivity index (χ0n) is 25.6. The van der Waals surface area contributed by atoms with E-state index >= 15 is 0 Å². The summed E-state index contributed by atoms with van der Waals surface area (Å²) in [4.78, 5) is 13.2. The summed E-state index contributed by atoms with van der Waals surface area (Å²) >= 11 is 0. The van der Waals surface area contributed by atoms with Gasteiger partial charge in [-0.25, -0.2) is 0 Å². The van der Waals surface area contributed by atoms with E-state index in [-0.39, 0.29) is 29.7 Å². The smallest absolute Gasteiger partial charge is 0.223 e. The highest BCUT2D eigenvalue weighted by molar-refractivity contribution is 5.79. The van der Waals surface area contributed by atoms with Crippen molar-refractivity contribution in [3.8, 4) is 11.5 Å². The minimum Gasteiger partial charge on any atom is -0.493 e. The van der Waals surface area contributed by atoms with Gasteiger partial charge in [-0.15, -0.1) is 0 Å². The van der Waals surface area contributed by atoms with Gasteiger partial charge in [0, 0.05) is 38.1 Å². The second kappa shape index (κ2) is 17.1. The van der Waals surface area contributed by atoms with Gasteiger partial charge in [0.15, 0.2) is 11.5 Å². The molecule has 0 bridgehead atoms. The number of aliphatic hydroxyl groups is 1. The molecule has 1 amide bonds. The summed E-state index contributed by atoms with van der Waals surface area (Å²) in [5.74, 6) is 2.59. The maximum Gasteiger partial charge on any atom is 0.223 e. The van der Waals surface area contributed by atoms with Gasteiger partial charge < -0.3 is 30.4 Å². The van der Waals surface area contributed by atoms with Gasteiger partial charge >= 0.3 is 0 Å². The molecule has 0 aliphatic heterocycles. The number of hydrogen-bond donors (Lipinski definition) is 3. The van der Waals surface area contributed by atoms with Crippen molar-refractivity contribution in [2.24, 2.45) is 35.3 Å². The number of nitrogens with one attached hydrogen (secondary N) is 1. The van der Waals surface area contributed by atoms with E-state index in [1.807, 2.05) is 12.1 Å². The van der Waals surface area contributed by atoms with Crippen molar-refractivity contribution < 1.29 is 24.1 Å². The largest absolute Gasteiger partial charge is 0.493 e. The Bertz CT molecular complexity index is 840. The number of methoxy groups -OCH3 is 2. The van der Waals surface area contributed by atoms with Crippen LogP contribution in [0.1, 0.15) is 85.1 Å². The summed E-state index contributed by atoms with van der Waals surface area (Å²) in [7, 11) is 3.33. The topological polar surface area (TPSA) is 103 Å². The van der Waals surface area contributed by atoms with Gasteiger partial charge in [-0.1, -0.05) is 46.6 Å². The molecule has 7 nitrogen and oxygen atoms in total. The van der Waals surface area contributed by atoms with Crippen LogP contribution in [0, 0.1) is 29.6 Å². The highest BCUT2D eigenvalue weighted by Gasteiger charge is 2.32. The number of rotatable bonds is 18. The maximum absolute atomic E-state index is 13.2. The van der Waals surface area contributed by atoms with E-state index in [4.69, 9.17) is 19.9 Å². The first kappa shape index (κ1) is 33.4. The Morgan fingerprint density at radius 3 is 2.31 bits per heavy atom. The number of benzene rings is 1. The molecule has 39 heavy (non-hydrogen) atoms. The molecule has 5 atom stereocenters. The first-order chi connectivity index (χ1) is 18.6. The van der Waals surface area contributed by atoms with Gasteiger partial charge in [-0.3, -0.25) is 4.79 Å². The van der Waals surface area contributed by atoms with Gasteiger partial charge in [0.25, 0.3) is 0 Å². The fourth-order valence-electron chi connectivity index (χ4n) is 5.77. The molecule has 1 saturated carbocycles. The third kappa shape index (κ3) is 10.9. The van der Waals surface area contributed by atoms with E-state index < -0.39 is 12.1 Å². The third-order valence-electron chi connectivity index (χ3n) is 8.60. The first-order valence-electron chi connectivity index (χ1n) is 15.1. The van der Waals surface area contributed by atoms with Crippen molar-refractivity contribution in [1.82, 2.24) is 5.32 Å². The second-order valence-corrected chi connectivity index (χ2v) is 12.3. The Morgan fingerprint density at radius 1 is 1.03 bits per heavy atom. The molecule has 0 heterocycles. The van der Waals surface area contributed by atoms with Crippen LogP contribution >= 0.6 is 0 Å². The predicted molar refractivity (Wildman–Crippen MR) is 158 cm³/mol. The molecule has 4 N–H and O–H groups in total. The van der Waals surface area contributed by atoms with Crippen LogP contribution in [-0.2, 0) is 16.0 Å². The molecule has 1 aliphatic rings. The lowest BCUT2D eigenvalue weighted by Crippen LogP contribution is -2.45. The number of carbonyl (C=O) groups excluding carboxylic acids is 1. The summed E-state index contributed by atoms with van der Waals surface area (Å²) in [5.41, 5.74) is 7.74. The number of hydrogen-bond acceptors (Lipinski definition) is 6. The lowest BCUT2D eigenvalue weighted by atomic mass is 9.80. The van der Waals surface area contributed by atoms with Crippen LogP contribution in [0.15, 0.2) is 18.2 Å². The third-order valence-corrected chi connectivity index (χ3v) is 8.60. The van der Waals surface area contributed by atoms with Crippen molar-refractivity contribution in [3.05, 3.63) is 23.8 Å². The highest BCUT2D eigenvalue weighted by Crippen LogP contribution is 2.32. The van der Waals surface area contributed by atoms with Crippen LogP contribution in [0.4, 0.5) is 0 Å². The normalized spacial score (nSPS) is 18.1. The first-order valence-corrected chi connectivity index (χ1v) is 15.1. The van der Waals surface area contributed by atoms with E-state index in [0.717, 1.165) is 24.2 Å². The average Bonchev–Trinajstić information content (AvgIpc) is 3.44. The SMILES string of the molecule is COCCCOc1cc(C[C@@H](C[C@H](N)[C@@H](O)C[C@H](C(=O)N[C@H](C)C2CCCC2)C(C)C)C(C)C)ccc1OC. The Hall–Kier alpha value is -1.83. The molecule has 224 valence electrons. The fourth-order valence-corrected chi connectivity index (χ4v) is 5.77. The van der Waals surface area contributed by atoms with Gasteiger partial charge in [0.2, 0.25) is 5.91 Å². The van der Waals surface area contributed by atoms with Crippen molar-refractivity contribution in [3.63, 3.8) is 0 Å². The standard InChI is InChI=1S/C32H56N2O5/c1-21(2)26(17-24-13-14-30(38-7)31(18-24)39-16-10-15-37-6)19-28(33)29(35)20-27(22(3)4)32(36)34-23(5)25-11-8-9-12-25/h13-14,18,21-23,25-29,35H,8-12,15-17,19-20,33H2,1-7H3,(H,34,36)/t23-,26+,27+,28+,29+/m1/s1. The van der Waals surface area contributed by atoms with Crippen molar-refractivity contribution >= 4 is 5.91 Å². The molecular weight excluding hydrogens is 492 g/mol. The number of ether oxygens (including phenoxy) is 3. The van der Waals surface area contributed by atoms with Gasteiger partial charge in [-0.05, 0) is 80.4 Å². The molecular formula is C32H56N2O5. The predicted octanol–water partition coefficient (Wildman–Crippen LogP) is 5.36. The number of aliphatic hydroxyl groups excluding tert-OH is 1. The summed E-state index contributed by atoms with van der Waals surface area (Å²) < 4.78 is 16.6. The Labute approximate surface area is 237 Å². The minimum atomic E-state index is -0.735. The zero-order valence-corrected chi connectivity index (χ0v) is 25.6. The molecule has 7 heteroatoms. The molecule has 0 radical (unpaired) electrons. The second-order valence-electron chi connectivity index (χ2n) is 12.3. The molecule has 0 spiro atoms. The van der Waals surface area contributed by atoms with Gasteiger partial charge in [0.05, 0.1) is 19.8 Å². The fraction of sp³-hybridized carbons (Fsp3) is 0.781. The number of carbonyl (C=O) groups is 1. The Kier molecular flexibility index (Phi) is 14.6. The lowest BCUT2D eigenvalue weighted by molar-refractivity contribution is -0.128. The summed E-state index contributed by atoms with van der Waals surface area (Å²) in [6, 6.07) is 5.85. The Morgan fingerprint density at radius 2 is 1.72 bits per heavy atom. The highest BCUT2D eigenvalue weighted by atomic mass is 16.5. The maximum atomic E-state index is 13.2. The molecule has 1 aromatic rings. The zero-order chi connectivity index (χ0) is 28.9. The molecule has 0 saturated heterocycles. The van der Waals surface area contributed by atoms with Crippen LogP contribution in [0.2, 0.25) is 0 Å². The summed E-state index contributed by atoms with van der Waals surface area (Å²) in [6.07, 6.45) is 6.84. The van der Waals surface area contributed by atoms with Crippen LogP contribution in [0.3, 0.4) is 0 Å². The van der Waals surface area contributed by atoms with Crippen molar-refractivity contribution in [2.75, 3.05) is 27.4 Å². The van der Waals surface area contributed by atoms with Crippen LogP contribution in [-0.4, -0.2) is 56.6 Å². The molecule has 1 aliphatic carbocycles. The average molecular weight is 549 g/mol. The Balaban J connectivity index is 2.00. The number of nitrogens with two attached hydrogens (primary N) is 1. The summed E-state index contributed by atoms with van der Waals surface area (Å²) in [6.45, 7) is 11.8. The van der Waals surface area contributed by atoms with E-state index in [1.165, 1.54) is 25.7 Å². The van der Waals surface area contributed by atoms with Crippen LogP contribution in [0.5, 0.6) is 11.5 Å². The molecule has 0 aromatic heterocycles. The van der Waals surface area contributed by atoms with Crippen molar-refractivity contribution in [2.45, 2.75) is 104 Å². The van der Waals surface area contributed by atoms with E-state index in [0.29, 0.717) is 43.6 Å². The van der Waals surface area contributed by atoms with Crippen LogP contribution < -0.4 is 20.5 Å². The summed E-state index contributed by atoms with van der Waals surface area (Å²) in [5, 5.41) is 14.4.